The number of ketones is 2. The van der Waals surface area contributed by atoms with Crippen molar-refractivity contribution in [3.05, 3.63) is 77.6 Å². The van der Waals surface area contributed by atoms with E-state index < -0.39 is 5.60 Å². The zero-order valence-electron chi connectivity index (χ0n) is 16.7. The zero-order valence-corrected chi connectivity index (χ0v) is 17.5. The maximum atomic E-state index is 13.0. The molecule has 0 N–H and O–H groups in total. The minimum absolute atomic E-state index is 0. The average Bonchev–Trinajstić information content (AvgIpc) is 3.04. The number of Topliss-reactive ketones (excluding diaryl/α,β-unsaturated/α-hetero) is 1. The van der Waals surface area contributed by atoms with Crippen molar-refractivity contribution in [2.45, 2.75) is 31.3 Å². The summed E-state index contributed by atoms with van der Waals surface area (Å²) in [5.74, 6) is 0.343. The van der Waals surface area contributed by atoms with E-state index in [-0.39, 0.29) is 29.8 Å². The van der Waals surface area contributed by atoms with Gasteiger partial charge in [-0.15, -0.1) is 12.4 Å². The van der Waals surface area contributed by atoms with Gasteiger partial charge in [-0.1, -0.05) is 30.3 Å². The molecule has 0 radical (unpaired) electrons. The Hall–Kier alpha value is -2.50. The van der Waals surface area contributed by atoms with E-state index in [9.17, 15) is 14.0 Å². The van der Waals surface area contributed by atoms with Gasteiger partial charge in [0.05, 0.1) is 0 Å². The van der Waals surface area contributed by atoms with Gasteiger partial charge in [-0.05, 0) is 56.6 Å². The molecule has 2 aromatic carbocycles. The fourth-order valence-corrected chi connectivity index (χ4v) is 4.11. The molecule has 4 nitrogen and oxygen atoms in total. The summed E-state index contributed by atoms with van der Waals surface area (Å²) in [7, 11) is 0. The van der Waals surface area contributed by atoms with Crippen LogP contribution in [0.5, 0.6) is 0 Å². The summed E-state index contributed by atoms with van der Waals surface area (Å²) in [5.41, 5.74) is 0.650. The molecule has 0 amide bonds. The topological polar surface area (TPSA) is 46.6 Å². The van der Waals surface area contributed by atoms with Crippen LogP contribution in [0.1, 0.15) is 41.6 Å². The number of piperidine rings is 1. The summed E-state index contributed by atoms with van der Waals surface area (Å²) < 4.78 is 19.2. The number of hydrogen-bond donors (Lipinski definition) is 0. The number of carbonyl (C=O) groups excluding carboxylic acids is 2. The molecule has 1 saturated heterocycles. The van der Waals surface area contributed by atoms with Crippen LogP contribution >= 0.6 is 12.4 Å². The molecular weight excluding hydrogens is 405 g/mol. The summed E-state index contributed by atoms with van der Waals surface area (Å²) in [6.45, 7) is 2.17. The minimum atomic E-state index is -0.801. The molecule has 2 heterocycles. The lowest BCUT2D eigenvalue weighted by Crippen LogP contribution is -2.52. The molecule has 1 fully saturated rings. The predicted octanol–water partition coefficient (Wildman–Crippen LogP) is 4.69. The first-order chi connectivity index (χ1) is 14.1. The Morgan fingerprint density at radius 2 is 1.83 bits per heavy atom. The Morgan fingerprint density at radius 1 is 1.10 bits per heavy atom. The molecule has 158 valence electrons. The van der Waals surface area contributed by atoms with Crippen LogP contribution in [-0.4, -0.2) is 41.7 Å². The third kappa shape index (κ3) is 4.79. The SMILES string of the molecule is Cl.O=C(CCCN1CCCC2(C1)OC(c1ccccc1)=CC2=O)c1ccc(F)cc1. The number of rotatable bonds is 6. The molecule has 1 unspecified atom stereocenters. The first-order valence-corrected chi connectivity index (χ1v) is 10.1. The van der Waals surface area contributed by atoms with Crippen LogP contribution in [0.3, 0.4) is 0 Å². The normalized spacial score (nSPS) is 21.1. The number of ether oxygens (including phenoxy) is 1. The molecule has 0 saturated carbocycles. The maximum absolute atomic E-state index is 13.0. The van der Waals surface area contributed by atoms with E-state index in [2.05, 4.69) is 4.90 Å². The molecule has 30 heavy (non-hydrogen) atoms. The second-order valence-electron chi connectivity index (χ2n) is 7.75. The number of hydrogen-bond acceptors (Lipinski definition) is 4. The highest BCUT2D eigenvalue weighted by molar-refractivity contribution is 6.05. The van der Waals surface area contributed by atoms with Crippen molar-refractivity contribution in [2.75, 3.05) is 19.6 Å². The third-order valence-electron chi connectivity index (χ3n) is 5.65. The fourth-order valence-electron chi connectivity index (χ4n) is 4.11. The van der Waals surface area contributed by atoms with Crippen LogP contribution < -0.4 is 0 Å². The predicted molar refractivity (Wildman–Crippen MR) is 116 cm³/mol. The summed E-state index contributed by atoms with van der Waals surface area (Å²) in [6, 6.07) is 15.3. The van der Waals surface area contributed by atoms with Gasteiger partial charge < -0.3 is 4.74 Å². The molecule has 2 aliphatic heterocycles. The molecule has 4 rings (SSSR count). The smallest absolute Gasteiger partial charge is 0.204 e. The zero-order chi connectivity index (χ0) is 20.3. The van der Waals surface area contributed by atoms with E-state index >= 15 is 0 Å². The summed E-state index contributed by atoms with van der Waals surface area (Å²) >= 11 is 0. The summed E-state index contributed by atoms with van der Waals surface area (Å²) in [6.07, 6.45) is 4.31. The summed E-state index contributed by atoms with van der Waals surface area (Å²) in [5, 5.41) is 0. The summed E-state index contributed by atoms with van der Waals surface area (Å²) in [4.78, 5) is 27.2. The first-order valence-electron chi connectivity index (χ1n) is 10.1. The average molecular weight is 430 g/mol. The van der Waals surface area contributed by atoms with Gasteiger partial charge in [0.1, 0.15) is 11.6 Å². The molecule has 0 aromatic heterocycles. The molecule has 2 aliphatic rings. The molecule has 1 atom stereocenters. The molecule has 2 aromatic rings. The lowest BCUT2D eigenvalue weighted by molar-refractivity contribution is -0.133. The largest absolute Gasteiger partial charge is 0.477 e. The molecular formula is C24H25ClFNO3. The highest BCUT2D eigenvalue weighted by Gasteiger charge is 2.47. The Bertz CT molecular complexity index is 929. The number of carbonyl (C=O) groups is 2. The van der Waals surface area contributed by atoms with Crippen molar-refractivity contribution in [2.24, 2.45) is 0 Å². The van der Waals surface area contributed by atoms with E-state index in [1.54, 1.807) is 6.08 Å². The van der Waals surface area contributed by atoms with Gasteiger partial charge in [-0.25, -0.2) is 4.39 Å². The van der Waals surface area contributed by atoms with Gasteiger partial charge in [0.25, 0.3) is 0 Å². The molecule has 0 bridgehead atoms. The van der Waals surface area contributed by atoms with E-state index in [0.717, 1.165) is 25.1 Å². The highest BCUT2D eigenvalue weighted by atomic mass is 35.5. The first kappa shape index (κ1) is 22.2. The van der Waals surface area contributed by atoms with E-state index in [1.165, 1.54) is 24.3 Å². The van der Waals surface area contributed by atoms with Gasteiger partial charge >= 0.3 is 0 Å². The number of halogens is 2. The van der Waals surface area contributed by atoms with Gasteiger partial charge in [-0.3, -0.25) is 14.5 Å². The highest BCUT2D eigenvalue weighted by Crippen LogP contribution is 2.37. The van der Waals surface area contributed by atoms with Crippen LogP contribution in [0.25, 0.3) is 5.76 Å². The van der Waals surface area contributed by atoms with Gasteiger partial charge in [0, 0.05) is 30.2 Å². The van der Waals surface area contributed by atoms with E-state index in [1.807, 2.05) is 30.3 Å². The van der Waals surface area contributed by atoms with Crippen molar-refractivity contribution in [1.82, 2.24) is 4.90 Å². The van der Waals surface area contributed by atoms with Crippen LogP contribution in [0.15, 0.2) is 60.7 Å². The van der Waals surface area contributed by atoms with Crippen molar-refractivity contribution in [1.29, 1.82) is 0 Å². The Morgan fingerprint density at radius 3 is 2.57 bits per heavy atom. The number of likely N-dealkylation sites (tertiary alicyclic amines) is 1. The van der Waals surface area contributed by atoms with Crippen LogP contribution in [0, 0.1) is 5.82 Å². The minimum Gasteiger partial charge on any atom is -0.477 e. The Labute approximate surface area is 182 Å². The Balaban J connectivity index is 0.00000256. The number of nitrogens with zero attached hydrogens (tertiary/aromatic N) is 1. The monoisotopic (exact) mass is 429 g/mol. The molecule has 1 spiro atoms. The second-order valence-corrected chi connectivity index (χ2v) is 7.75. The standard InChI is InChI=1S/C24H24FNO3.ClH/c25-20-11-9-18(10-12-20)21(27)8-4-14-26-15-5-13-24(17-26)23(28)16-22(29-24)19-6-2-1-3-7-19;/h1-3,6-7,9-12,16H,4-5,8,13-15,17H2;1H. The Kier molecular flexibility index (Phi) is 7.06. The van der Waals surface area contributed by atoms with Gasteiger partial charge in [0.2, 0.25) is 5.78 Å². The maximum Gasteiger partial charge on any atom is 0.204 e. The fraction of sp³-hybridized carbons (Fsp3) is 0.333. The van der Waals surface area contributed by atoms with Crippen molar-refractivity contribution < 1.29 is 18.7 Å². The second kappa shape index (κ2) is 9.54. The van der Waals surface area contributed by atoms with E-state index in [4.69, 9.17) is 4.74 Å². The lowest BCUT2D eigenvalue weighted by atomic mass is 9.89. The van der Waals surface area contributed by atoms with Crippen LogP contribution in [0.4, 0.5) is 4.39 Å². The lowest BCUT2D eigenvalue weighted by Gasteiger charge is -2.39. The van der Waals surface area contributed by atoms with Crippen molar-refractivity contribution in [3.8, 4) is 0 Å². The van der Waals surface area contributed by atoms with Crippen LogP contribution in [0.2, 0.25) is 0 Å². The number of benzene rings is 2. The van der Waals surface area contributed by atoms with Crippen molar-refractivity contribution in [3.63, 3.8) is 0 Å². The van der Waals surface area contributed by atoms with Gasteiger partial charge in [0.15, 0.2) is 11.4 Å². The third-order valence-corrected chi connectivity index (χ3v) is 5.65. The van der Waals surface area contributed by atoms with Crippen molar-refractivity contribution >= 4 is 29.7 Å². The van der Waals surface area contributed by atoms with Crippen LogP contribution in [-0.2, 0) is 9.53 Å². The van der Waals surface area contributed by atoms with E-state index in [0.29, 0.717) is 37.1 Å². The quantitative estimate of drug-likeness (QED) is 0.625. The molecule has 6 heteroatoms. The molecule has 0 aliphatic carbocycles. The van der Waals surface area contributed by atoms with Gasteiger partial charge in [-0.2, -0.15) is 0 Å².